The number of nitrogens with one attached hydrogen (secondary N) is 1. The molecule has 2 unspecified atom stereocenters. The van der Waals surface area contributed by atoms with Crippen molar-refractivity contribution in [2.24, 2.45) is 0 Å². The first-order valence-electron chi connectivity index (χ1n) is 10.7. The summed E-state index contributed by atoms with van der Waals surface area (Å²) in [4.78, 5) is 40.8. The van der Waals surface area contributed by atoms with Gasteiger partial charge in [-0.3, -0.25) is 9.59 Å². The van der Waals surface area contributed by atoms with Crippen LogP contribution in [0.15, 0.2) is 71.2 Å². The Kier molecular flexibility index (Phi) is 7.78. The van der Waals surface area contributed by atoms with E-state index >= 15 is 0 Å². The topological polar surface area (TPSA) is 95.9 Å². The maximum atomic E-state index is 13.8. The lowest BCUT2D eigenvalue weighted by atomic mass is 9.98. The van der Waals surface area contributed by atoms with Crippen LogP contribution in [0.5, 0.6) is 5.75 Å². The summed E-state index contributed by atoms with van der Waals surface area (Å²) in [6.45, 7) is 0. The Morgan fingerprint density at radius 2 is 1.73 bits per heavy atom. The molecule has 3 aromatic carbocycles. The predicted octanol–water partition coefficient (Wildman–Crippen LogP) is 5.78. The zero-order valence-electron chi connectivity index (χ0n) is 18.6. The summed E-state index contributed by atoms with van der Waals surface area (Å²) < 4.78 is 43.2. The van der Waals surface area contributed by atoms with Gasteiger partial charge in [-0.25, -0.2) is 4.79 Å². The maximum Gasteiger partial charge on any atom is 0.573 e. The number of benzene rings is 3. The standard InChI is InChI=1S/C25H17BrF3IN2O5/c26-15-5-1-13(2-6-15)11-20(24(35)36)32-21(14-3-8-17(9-4-14)37-25(27,28)29)22(33)31-19-10-7-16(30)12-18(19)23(32)34/h1-10,12,20-21H,11H2,(H,31,33)(H,35,36). The first-order chi connectivity index (χ1) is 17.4. The molecule has 37 heavy (non-hydrogen) atoms. The molecule has 0 aromatic heterocycles. The first-order valence-corrected chi connectivity index (χ1v) is 12.6. The van der Waals surface area contributed by atoms with E-state index in [4.69, 9.17) is 0 Å². The molecule has 0 saturated carbocycles. The van der Waals surface area contributed by atoms with Crippen LogP contribution in [0, 0.1) is 3.57 Å². The van der Waals surface area contributed by atoms with Gasteiger partial charge in [-0.15, -0.1) is 13.2 Å². The maximum absolute atomic E-state index is 13.8. The molecule has 0 radical (unpaired) electrons. The molecular weight excluding hydrogens is 672 g/mol. The number of carbonyl (C=O) groups excluding carboxylic acids is 2. The highest BCUT2D eigenvalue weighted by atomic mass is 127. The summed E-state index contributed by atoms with van der Waals surface area (Å²) in [6, 6.07) is 13.1. The van der Waals surface area contributed by atoms with Gasteiger partial charge in [0.2, 0.25) is 0 Å². The highest BCUT2D eigenvalue weighted by Crippen LogP contribution is 2.35. The number of amides is 2. The normalized spacial score (nSPS) is 16.5. The molecule has 1 aliphatic rings. The number of carboxylic acid groups (broad SMARTS) is 1. The number of ether oxygens (including phenoxy) is 1. The number of halogens is 5. The molecule has 4 rings (SSSR count). The summed E-state index contributed by atoms with van der Waals surface area (Å²) >= 11 is 5.31. The molecule has 7 nitrogen and oxygen atoms in total. The second-order valence-corrected chi connectivity index (χ2v) is 10.3. The van der Waals surface area contributed by atoms with Crippen LogP contribution in [0.25, 0.3) is 0 Å². The molecule has 0 bridgehead atoms. The molecule has 1 aliphatic heterocycles. The number of carbonyl (C=O) groups is 3. The highest BCUT2D eigenvalue weighted by Gasteiger charge is 2.43. The van der Waals surface area contributed by atoms with Gasteiger partial charge in [-0.1, -0.05) is 40.2 Å². The fourth-order valence-corrected chi connectivity index (χ4v) is 4.78. The molecule has 0 fully saturated rings. The van der Waals surface area contributed by atoms with Crippen LogP contribution in [0.4, 0.5) is 18.9 Å². The first kappa shape index (κ1) is 26.9. The lowest BCUT2D eigenvalue weighted by Gasteiger charge is -2.34. The minimum absolute atomic E-state index is 0.0989. The molecule has 12 heteroatoms. The van der Waals surface area contributed by atoms with E-state index in [-0.39, 0.29) is 23.2 Å². The predicted molar refractivity (Wildman–Crippen MR) is 139 cm³/mol. The van der Waals surface area contributed by atoms with E-state index in [1.165, 1.54) is 24.3 Å². The number of hydrogen-bond donors (Lipinski definition) is 2. The number of rotatable bonds is 6. The average molecular weight is 689 g/mol. The molecule has 1 heterocycles. The molecule has 2 atom stereocenters. The summed E-state index contributed by atoms with van der Waals surface area (Å²) in [5, 5.41) is 12.9. The van der Waals surface area contributed by atoms with Gasteiger partial charge in [0.25, 0.3) is 11.8 Å². The Bertz CT molecular complexity index is 1350. The van der Waals surface area contributed by atoms with Gasteiger partial charge in [-0.05, 0) is 76.2 Å². The lowest BCUT2D eigenvalue weighted by Crippen LogP contribution is -2.50. The van der Waals surface area contributed by atoms with Crippen LogP contribution >= 0.6 is 38.5 Å². The van der Waals surface area contributed by atoms with Gasteiger partial charge in [0.1, 0.15) is 17.8 Å². The van der Waals surface area contributed by atoms with E-state index in [9.17, 15) is 32.7 Å². The summed E-state index contributed by atoms with van der Waals surface area (Å²) in [7, 11) is 0. The highest BCUT2D eigenvalue weighted by molar-refractivity contribution is 14.1. The summed E-state index contributed by atoms with van der Waals surface area (Å²) in [5.41, 5.74) is 1.02. The Hall–Kier alpha value is -3.13. The van der Waals surface area contributed by atoms with E-state index in [0.717, 1.165) is 21.5 Å². The number of aliphatic carboxylic acids is 1. The number of hydrogen-bond acceptors (Lipinski definition) is 4. The summed E-state index contributed by atoms with van der Waals surface area (Å²) in [5.74, 6) is -3.29. The minimum Gasteiger partial charge on any atom is -0.480 e. The summed E-state index contributed by atoms with van der Waals surface area (Å²) in [6.07, 6.45) is -5.03. The number of carboxylic acids is 1. The Morgan fingerprint density at radius 3 is 2.32 bits per heavy atom. The van der Waals surface area contributed by atoms with E-state index < -0.39 is 42.0 Å². The van der Waals surface area contributed by atoms with Crippen molar-refractivity contribution in [3.63, 3.8) is 0 Å². The van der Waals surface area contributed by atoms with Crippen LogP contribution in [0.3, 0.4) is 0 Å². The number of fused-ring (bicyclic) bond motifs is 1. The quantitative estimate of drug-likeness (QED) is 0.320. The molecule has 2 amide bonds. The molecular formula is C25H17BrF3IN2O5. The molecule has 3 aromatic rings. The van der Waals surface area contributed by atoms with Crippen molar-refractivity contribution in [1.29, 1.82) is 0 Å². The van der Waals surface area contributed by atoms with E-state index in [0.29, 0.717) is 9.13 Å². The van der Waals surface area contributed by atoms with Crippen LogP contribution in [-0.4, -0.2) is 40.2 Å². The van der Waals surface area contributed by atoms with Crippen molar-refractivity contribution in [3.8, 4) is 5.75 Å². The van der Waals surface area contributed by atoms with Gasteiger partial charge in [0, 0.05) is 14.5 Å². The second kappa shape index (κ2) is 10.7. The second-order valence-electron chi connectivity index (χ2n) is 8.10. The lowest BCUT2D eigenvalue weighted by molar-refractivity contribution is -0.274. The molecule has 192 valence electrons. The van der Waals surface area contributed by atoms with Crippen molar-refractivity contribution in [2.75, 3.05) is 5.32 Å². The van der Waals surface area contributed by atoms with Gasteiger partial charge in [-0.2, -0.15) is 0 Å². The SMILES string of the molecule is O=C(O)C(Cc1ccc(Br)cc1)N1C(=O)c2cc(I)ccc2NC(=O)C1c1ccc(OC(F)(F)F)cc1. The van der Waals surface area contributed by atoms with E-state index in [2.05, 4.69) is 26.0 Å². The molecule has 0 spiro atoms. The van der Waals surface area contributed by atoms with Crippen molar-refractivity contribution in [3.05, 3.63) is 91.5 Å². The average Bonchev–Trinajstić information content (AvgIpc) is 2.92. The van der Waals surface area contributed by atoms with Crippen molar-refractivity contribution in [1.82, 2.24) is 4.90 Å². The Balaban J connectivity index is 1.82. The van der Waals surface area contributed by atoms with Crippen molar-refractivity contribution in [2.45, 2.75) is 24.9 Å². The molecule has 0 saturated heterocycles. The fraction of sp³-hybridized carbons (Fsp3) is 0.160. The van der Waals surface area contributed by atoms with Crippen molar-refractivity contribution < 1.29 is 37.4 Å². The monoisotopic (exact) mass is 688 g/mol. The minimum atomic E-state index is -4.92. The van der Waals surface area contributed by atoms with Crippen molar-refractivity contribution >= 4 is 62.0 Å². The zero-order chi connectivity index (χ0) is 26.9. The van der Waals surface area contributed by atoms with Crippen LogP contribution in [0.1, 0.15) is 27.5 Å². The zero-order valence-corrected chi connectivity index (χ0v) is 22.4. The van der Waals surface area contributed by atoms with E-state index in [1.54, 1.807) is 30.3 Å². The van der Waals surface area contributed by atoms with E-state index in [1.807, 2.05) is 22.6 Å². The van der Waals surface area contributed by atoms with Crippen LogP contribution in [0.2, 0.25) is 0 Å². The third-order valence-electron chi connectivity index (χ3n) is 5.62. The Labute approximate surface area is 230 Å². The number of nitrogens with zero attached hydrogens (tertiary/aromatic N) is 1. The fourth-order valence-electron chi connectivity index (χ4n) is 4.02. The number of alkyl halides is 3. The van der Waals surface area contributed by atoms with Gasteiger partial charge in [0.05, 0.1) is 11.3 Å². The smallest absolute Gasteiger partial charge is 0.480 e. The molecule has 2 N–H and O–H groups in total. The third-order valence-corrected chi connectivity index (χ3v) is 6.82. The largest absolute Gasteiger partial charge is 0.573 e. The number of anilines is 1. The van der Waals surface area contributed by atoms with Crippen LogP contribution < -0.4 is 10.1 Å². The van der Waals surface area contributed by atoms with Gasteiger partial charge < -0.3 is 20.1 Å². The van der Waals surface area contributed by atoms with Crippen LogP contribution in [-0.2, 0) is 16.0 Å². The third kappa shape index (κ3) is 6.24. The van der Waals surface area contributed by atoms with Gasteiger partial charge >= 0.3 is 12.3 Å². The Morgan fingerprint density at radius 1 is 1.08 bits per heavy atom. The molecule has 0 aliphatic carbocycles. The van der Waals surface area contributed by atoms with Gasteiger partial charge in [0.15, 0.2) is 0 Å².